The average Bonchev–Trinajstić information content (AvgIpc) is 3.03. The van der Waals surface area contributed by atoms with E-state index in [1.165, 1.54) is 10.4 Å². The van der Waals surface area contributed by atoms with Crippen LogP contribution in [0.1, 0.15) is 51.6 Å². The van der Waals surface area contributed by atoms with Crippen molar-refractivity contribution in [2.45, 2.75) is 39.7 Å². The van der Waals surface area contributed by atoms with Crippen LogP contribution in [0.25, 0.3) is 0 Å². The molecule has 1 amide bonds. The van der Waals surface area contributed by atoms with E-state index in [0.29, 0.717) is 17.0 Å². The van der Waals surface area contributed by atoms with E-state index in [2.05, 4.69) is 23.5 Å². The summed E-state index contributed by atoms with van der Waals surface area (Å²) >= 11 is 1.79. The molecule has 0 bridgehead atoms. The van der Waals surface area contributed by atoms with E-state index in [-0.39, 0.29) is 11.9 Å². The molecule has 0 spiro atoms. The second kappa shape index (κ2) is 5.05. The molecule has 0 aromatic carbocycles. The smallest absolute Gasteiger partial charge is 0.259 e. The minimum Gasteiger partial charge on any atom is -0.361 e. The third kappa shape index (κ3) is 1.97. The first-order valence-electron chi connectivity index (χ1n) is 6.93. The van der Waals surface area contributed by atoms with Crippen molar-refractivity contribution in [1.82, 2.24) is 10.1 Å². The van der Waals surface area contributed by atoms with Gasteiger partial charge < -0.3 is 9.42 Å². The van der Waals surface area contributed by atoms with Gasteiger partial charge in [0.2, 0.25) is 0 Å². The molecule has 0 saturated carbocycles. The van der Waals surface area contributed by atoms with Crippen LogP contribution in [0.4, 0.5) is 0 Å². The lowest BCUT2D eigenvalue weighted by Crippen LogP contribution is -2.39. The van der Waals surface area contributed by atoms with E-state index in [0.717, 1.165) is 19.4 Å². The van der Waals surface area contributed by atoms with E-state index >= 15 is 0 Å². The molecule has 5 heteroatoms. The highest BCUT2D eigenvalue weighted by Crippen LogP contribution is 2.36. The molecule has 0 radical (unpaired) electrons. The number of aromatic nitrogens is 1. The number of aryl methyl sites for hydroxylation is 2. The predicted octanol–water partition coefficient (Wildman–Crippen LogP) is 3.50. The largest absolute Gasteiger partial charge is 0.361 e. The summed E-state index contributed by atoms with van der Waals surface area (Å²) < 4.78 is 5.14. The topological polar surface area (TPSA) is 46.3 Å². The van der Waals surface area contributed by atoms with Gasteiger partial charge in [-0.3, -0.25) is 4.79 Å². The van der Waals surface area contributed by atoms with E-state index in [4.69, 9.17) is 4.52 Å². The van der Waals surface area contributed by atoms with Crippen molar-refractivity contribution in [2.75, 3.05) is 6.54 Å². The molecular formula is C15H18N2O2S. The van der Waals surface area contributed by atoms with Crippen molar-refractivity contribution in [1.29, 1.82) is 0 Å². The van der Waals surface area contributed by atoms with Crippen LogP contribution >= 0.6 is 11.3 Å². The first-order valence-corrected chi connectivity index (χ1v) is 7.81. The lowest BCUT2D eigenvalue weighted by molar-refractivity contribution is 0.0655. The molecule has 3 heterocycles. The number of hydrogen-bond acceptors (Lipinski definition) is 4. The van der Waals surface area contributed by atoms with Crippen LogP contribution in [-0.2, 0) is 6.42 Å². The lowest BCUT2D eigenvalue weighted by Gasteiger charge is -2.35. The highest BCUT2D eigenvalue weighted by molar-refractivity contribution is 7.10. The first kappa shape index (κ1) is 13.4. The number of nitrogens with zero attached hydrogens (tertiary/aromatic N) is 2. The quantitative estimate of drug-likeness (QED) is 0.850. The highest BCUT2D eigenvalue weighted by atomic mass is 32.1. The van der Waals surface area contributed by atoms with Gasteiger partial charge >= 0.3 is 0 Å². The minimum absolute atomic E-state index is 0.0463. The zero-order chi connectivity index (χ0) is 14.3. The predicted molar refractivity (Wildman–Crippen MR) is 78.1 cm³/mol. The van der Waals surface area contributed by atoms with E-state index < -0.39 is 0 Å². The summed E-state index contributed by atoms with van der Waals surface area (Å²) in [5, 5.41) is 6.02. The van der Waals surface area contributed by atoms with Gasteiger partial charge in [-0.25, -0.2) is 0 Å². The van der Waals surface area contributed by atoms with Gasteiger partial charge in [-0.1, -0.05) is 12.1 Å². The van der Waals surface area contributed by atoms with E-state index in [1.54, 1.807) is 18.3 Å². The number of carbonyl (C=O) groups is 1. The molecular weight excluding hydrogens is 272 g/mol. The van der Waals surface area contributed by atoms with Crippen molar-refractivity contribution in [2.24, 2.45) is 0 Å². The Morgan fingerprint density at radius 3 is 3.00 bits per heavy atom. The van der Waals surface area contributed by atoms with Gasteiger partial charge in [0.05, 0.1) is 11.7 Å². The number of carbonyl (C=O) groups excluding carboxylic acids is 1. The maximum Gasteiger partial charge on any atom is 0.259 e. The van der Waals surface area contributed by atoms with E-state index in [1.807, 2.05) is 11.8 Å². The lowest BCUT2D eigenvalue weighted by atomic mass is 9.96. The molecule has 1 aliphatic rings. The SMILES string of the molecule is CCC1c2ccsc2CCN1C(=O)c1c(C)noc1C. The summed E-state index contributed by atoms with van der Waals surface area (Å²) in [6.45, 7) is 6.53. The van der Waals surface area contributed by atoms with Gasteiger partial charge in [0, 0.05) is 11.4 Å². The Morgan fingerprint density at radius 2 is 2.35 bits per heavy atom. The van der Waals surface area contributed by atoms with E-state index in [9.17, 15) is 4.79 Å². The second-order valence-electron chi connectivity index (χ2n) is 5.17. The van der Waals surface area contributed by atoms with Gasteiger partial charge in [-0.2, -0.15) is 0 Å². The summed E-state index contributed by atoms with van der Waals surface area (Å²) in [4.78, 5) is 16.2. The van der Waals surface area contributed by atoms with Crippen LogP contribution in [0.3, 0.4) is 0 Å². The van der Waals surface area contributed by atoms with Crippen molar-refractivity contribution in [3.63, 3.8) is 0 Å². The molecule has 0 aliphatic carbocycles. The fourth-order valence-electron chi connectivity index (χ4n) is 3.01. The molecule has 0 N–H and O–H groups in total. The number of amides is 1. The summed E-state index contributed by atoms with van der Waals surface area (Å²) in [6.07, 6.45) is 1.87. The van der Waals surface area contributed by atoms with Crippen LogP contribution in [-0.4, -0.2) is 22.5 Å². The Kier molecular flexibility index (Phi) is 3.38. The van der Waals surface area contributed by atoms with Gasteiger partial charge in [0.15, 0.2) is 0 Å². The molecule has 106 valence electrons. The molecule has 0 fully saturated rings. The minimum atomic E-state index is 0.0463. The Balaban J connectivity index is 1.97. The molecule has 1 unspecified atom stereocenters. The fourth-order valence-corrected chi connectivity index (χ4v) is 3.94. The number of fused-ring (bicyclic) bond motifs is 1. The summed E-state index contributed by atoms with van der Waals surface area (Å²) in [5.41, 5.74) is 2.62. The fraction of sp³-hybridized carbons (Fsp3) is 0.467. The Morgan fingerprint density at radius 1 is 1.55 bits per heavy atom. The molecule has 0 saturated heterocycles. The molecule has 1 atom stereocenters. The zero-order valence-corrected chi connectivity index (χ0v) is 12.8. The Labute approximate surface area is 122 Å². The molecule has 4 nitrogen and oxygen atoms in total. The number of thiophene rings is 1. The maximum atomic E-state index is 12.8. The third-order valence-corrected chi connectivity index (χ3v) is 4.99. The highest BCUT2D eigenvalue weighted by Gasteiger charge is 2.33. The van der Waals surface area contributed by atoms with Crippen LogP contribution < -0.4 is 0 Å². The standard InChI is InChI=1S/C15H18N2O2S/c1-4-12-11-6-8-20-13(11)5-7-17(12)15(18)14-9(2)16-19-10(14)3/h6,8,12H,4-5,7H2,1-3H3. The van der Waals surface area contributed by atoms with Crippen molar-refractivity contribution < 1.29 is 9.32 Å². The average molecular weight is 290 g/mol. The van der Waals surface area contributed by atoms with Crippen LogP contribution in [0.2, 0.25) is 0 Å². The molecule has 2 aromatic rings. The van der Waals surface area contributed by atoms with Crippen molar-refractivity contribution in [3.8, 4) is 0 Å². The van der Waals surface area contributed by atoms with Crippen molar-refractivity contribution >= 4 is 17.2 Å². The second-order valence-corrected chi connectivity index (χ2v) is 6.17. The Hall–Kier alpha value is -1.62. The zero-order valence-electron chi connectivity index (χ0n) is 12.0. The monoisotopic (exact) mass is 290 g/mol. The number of hydrogen-bond donors (Lipinski definition) is 0. The van der Waals surface area contributed by atoms with Crippen LogP contribution in [0, 0.1) is 13.8 Å². The van der Waals surface area contributed by atoms with Gasteiger partial charge in [-0.05, 0) is 43.7 Å². The molecule has 20 heavy (non-hydrogen) atoms. The summed E-state index contributed by atoms with van der Waals surface area (Å²) in [6, 6.07) is 2.33. The summed E-state index contributed by atoms with van der Waals surface area (Å²) in [5.74, 6) is 0.656. The Bertz CT molecular complexity index is 625. The maximum absolute atomic E-state index is 12.8. The number of rotatable bonds is 2. The van der Waals surface area contributed by atoms with Gasteiger partial charge in [0.1, 0.15) is 11.3 Å². The molecule has 2 aromatic heterocycles. The van der Waals surface area contributed by atoms with Crippen LogP contribution in [0.5, 0.6) is 0 Å². The molecule has 3 rings (SSSR count). The van der Waals surface area contributed by atoms with Crippen molar-refractivity contribution in [3.05, 3.63) is 38.9 Å². The van der Waals surface area contributed by atoms with Gasteiger partial charge in [0.25, 0.3) is 5.91 Å². The molecule has 1 aliphatic heterocycles. The normalized spacial score (nSPS) is 18.1. The first-order chi connectivity index (χ1) is 9.63. The van der Waals surface area contributed by atoms with Crippen LogP contribution in [0.15, 0.2) is 16.0 Å². The third-order valence-electron chi connectivity index (χ3n) is 3.99. The summed E-state index contributed by atoms with van der Waals surface area (Å²) in [7, 11) is 0. The van der Waals surface area contributed by atoms with Gasteiger partial charge in [-0.15, -0.1) is 11.3 Å².